The molecule has 5 heteroatoms. The second-order valence-electron chi connectivity index (χ2n) is 5.40. The van der Waals surface area contributed by atoms with Crippen molar-refractivity contribution in [1.82, 2.24) is 9.88 Å². The number of pyridine rings is 1. The molecule has 1 aromatic carbocycles. The lowest BCUT2D eigenvalue weighted by Gasteiger charge is -2.10. The molecule has 1 N–H and O–H groups in total. The summed E-state index contributed by atoms with van der Waals surface area (Å²) >= 11 is 0. The van der Waals surface area contributed by atoms with Gasteiger partial charge in [0.1, 0.15) is 5.75 Å². The average Bonchev–Trinajstić information content (AvgIpc) is 2.54. The Morgan fingerprint density at radius 3 is 2.83 bits per heavy atom. The molecule has 0 aliphatic heterocycles. The van der Waals surface area contributed by atoms with E-state index in [1.807, 2.05) is 19.1 Å². The zero-order chi connectivity index (χ0) is 16.7. The van der Waals surface area contributed by atoms with Gasteiger partial charge in [0.05, 0.1) is 7.11 Å². The number of aryl methyl sites for hydroxylation is 2. The van der Waals surface area contributed by atoms with E-state index >= 15 is 0 Å². The number of benzene rings is 1. The molecule has 0 spiro atoms. The van der Waals surface area contributed by atoms with Crippen LogP contribution in [-0.2, 0) is 17.8 Å². The second-order valence-corrected chi connectivity index (χ2v) is 5.40. The number of nitrogens with one attached hydrogen (secondary N) is 1. The number of nitrogens with zero attached hydrogens (tertiary/aromatic N) is 1. The van der Waals surface area contributed by atoms with Gasteiger partial charge in [0.25, 0.3) is 5.56 Å². The predicted molar refractivity (Wildman–Crippen MR) is 89.8 cm³/mol. The Morgan fingerprint density at radius 2 is 2.09 bits per heavy atom. The van der Waals surface area contributed by atoms with Crippen molar-refractivity contribution in [3.05, 3.63) is 64.1 Å². The van der Waals surface area contributed by atoms with E-state index in [2.05, 4.69) is 11.4 Å². The third kappa shape index (κ3) is 4.98. The van der Waals surface area contributed by atoms with Gasteiger partial charge in [-0.25, -0.2) is 0 Å². The van der Waals surface area contributed by atoms with Crippen molar-refractivity contribution in [2.45, 2.75) is 26.3 Å². The molecule has 23 heavy (non-hydrogen) atoms. The summed E-state index contributed by atoms with van der Waals surface area (Å²) in [6, 6.07) is 11.0. The van der Waals surface area contributed by atoms with Gasteiger partial charge < -0.3 is 14.6 Å². The highest BCUT2D eigenvalue weighted by molar-refractivity contribution is 5.75. The summed E-state index contributed by atoms with van der Waals surface area (Å²) in [5, 5.41) is 2.88. The van der Waals surface area contributed by atoms with Gasteiger partial charge >= 0.3 is 0 Å². The molecular formula is C18H22N2O3. The van der Waals surface area contributed by atoms with Gasteiger partial charge in [-0.3, -0.25) is 9.59 Å². The normalized spacial score (nSPS) is 10.3. The van der Waals surface area contributed by atoms with Crippen molar-refractivity contribution in [3.63, 3.8) is 0 Å². The van der Waals surface area contributed by atoms with Gasteiger partial charge in [0.15, 0.2) is 0 Å². The Bertz CT molecular complexity index is 722. The van der Waals surface area contributed by atoms with E-state index in [1.54, 1.807) is 25.4 Å². The van der Waals surface area contributed by atoms with Crippen molar-refractivity contribution < 1.29 is 9.53 Å². The van der Waals surface area contributed by atoms with Gasteiger partial charge in [-0.05, 0) is 31.0 Å². The van der Waals surface area contributed by atoms with Crippen LogP contribution >= 0.6 is 0 Å². The first kappa shape index (κ1) is 16.8. The van der Waals surface area contributed by atoms with Crippen LogP contribution in [0.1, 0.15) is 17.5 Å². The molecule has 0 saturated heterocycles. The molecule has 0 aliphatic carbocycles. The summed E-state index contributed by atoms with van der Waals surface area (Å²) < 4.78 is 6.86. The standard InChI is InChI=1S/C18H22N2O3/c1-14-6-7-16(23-2)15(13-14)8-10-19-17(21)9-12-20-11-4-3-5-18(20)22/h3-7,11,13H,8-10,12H2,1-2H3,(H,19,21). The molecule has 0 radical (unpaired) electrons. The van der Waals surface area contributed by atoms with Gasteiger partial charge in [-0.2, -0.15) is 0 Å². The number of aromatic nitrogens is 1. The maximum Gasteiger partial charge on any atom is 0.250 e. The molecular weight excluding hydrogens is 292 g/mol. The van der Waals surface area contributed by atoms with Crippen molar-refractivity contribution in [3.8, 4) is 5.75 Å². The van der Waals surface area contributed by atoms with Crippen LogP contribution in [0.2, 0.25) is 0 Å². The third-order valence-corrected chi connectivity index (χ3v) is 3.63. The Kier molecular flexibility index (Phi) is 5.97. The Morgan fingerprint density at radius 1 is 1.26 bits per heavy atom. The SMILES string of the molecule is COc1ccc(C)cc1CCNC(=O)CCn1ccccc1=O. The van der Waals surface area contributed by atoms with Crippen LogP contribution in [-0.4, -0.2) is 24.1 Å². The highest BCUT2D eigenvalue weighted by Gasteiger charge is 2.05. The predicted octanol–water partition coefficient (Wildman–Crippen LogP) is 1.91. The molecule has 122 valence electrons. The Hall–Kier alpha value is -2.56. The van der Waals surface area contributed by atoms with Crippen LogP contribution in [0.5, 0.6) is 5.75 Å². The minimum atomic E-state index is -0.0928. The number of hydrogen-bond donors (Lipinski definition) is 1. The van der Waals surface area contributed by atoms with E-state index in [4.69, 9.17) is 4.74 Å². The van der Waals surface area contributed by atoms with E-state index < -0.39 is 0 Å². The average molecular weight is 314 g/mol. The van der Waals surface area contributed by atoms with Crippen molar-refractivity contribution in [2.24, 2.45) is 0 Å². The molecule has 2 rings (SSSR count). The first-order chi connectivity index (χ1) is 11.1. The summed E-state index contributed by atoms with van der Waals surface area (Å²) in [6.45, 7) is 2.96. The Labute approximate surface area is 135 Å². The number of methoxy groups -OCH3 is 1. The smallest absolute Gasteiger partial charge is 0.250 e. The lowest BCUT2D eigenvalue weighted by molar-refractivity contribution is -0.121. The van der Waals surface area contributed by atoms with E-state index in [0.717, 1.165) is 16.9 Å². The molecule has 1 aromatic heterocycles. The largest absolute Gasteiger partial charge is 0.496 e. The fourth-order valence-electron chi connectivity index (χ4n) is 2.40. The molecule has 0 unspecified atom stereocenters. The summed E-state index contributed by atoms with van der Waals surface area (Å²) in [5.41, 5.74) is 2.15. The van der Waals surface area contributed by atoms with E-state index in [0.29, 0.717) is 19.5 Å². The summed E-state index contributed by atoms with van der Waals surface area (Å²) in [6.07, 6.45) is 2.68. The maximum absolute atomic E-state index is 11.9. The first-order valence-corrected chi connectivity index (χ1v) is 7.66. The lowest BCUT2D eigenvalue weighted by Crippen LogP contribution is -2.28. The molecule has 2 aromatic rings. The minimum absolute atomic E-state index is 0.0626. The number of hydrogen-bond acceptors (Lipinski definition) is 3. The number of amides is 1. The van der Waals surface area contributed by atoms with Crippen LogP contribution in [0.4, 0.5) is 0 Å². The van der Waals surface area contributed by atoms with Gasteiger partial charge in [0.2, 0.25) is 5.91 Å². The summed E-state index contributed by atoms with van der Waals surface area (Å²) in [7, 11) is 1.64. The van der Waals surface area contributed by atoms with Gasteiger partial charge in [-0.15, -0.1) is 0 Å². The molecule has 0 aliphatic rings. The van der Waals surface area contributed by atoms with Crippen LogP contribution < -0.4 is 15.6 Å². The van der Waals surface area contributed by atoms with Gasteiger partial charge in [-0.1, -0.05) is 23.8 Å². The fourth-order valence-corrected chi connectivity index (χ4v) is 2.40. The first-order valence-electron chi connectivity index (χ1n) is 7.66. The third-order valence-electron chi connectivity index (χ3n) is 3.63. The van der Waals surface area contributed by atoms with Crippen LogP contribution in [0.25, 0.3) is 0 Å². The van der Waals surface area contributed by atoms with Crippen LogP contribution in [0, 0.1) is 6.92 Å². The fraction of sp³-hybridized carbons (Fsp3) is 0.333. The molecule has 1 amide bonds. The van der Waals surface area contributed by atoms with Gasteiger partial charge in [0, 0.05) is 31.8 Å². The topological polar surface area (TPSA) is 60.3 Å². The van der Waals surface area contributed by atoms with Crippen molar-refractivity contribution in [2.75, 3.05) is 13.7 Å². The van der Waals surface area contributed by atoms with Crippen molar-refractivity contribution >= 4 is 5.91 Å². The lowest BCUT2D eigenvalue weighted by atomic mass is 10.1. The second kappa shape index (κ2) is 8.17. The molecule has 1 heterocycles. The molecule has 0 bridgehead atoms. The van der Waals surface area contributed by atoms with Crippen LogP contribution in [0.15, 0.2) is 47.4 Å². The minimum Gasteiger partial charge on any atom is -0.496 e. The van der Waals surface area contributed by atoms with Crippen LogP contribution in [0.3, 0.4) is 0 Å². The highest BCUT2D eigenvalue weighted by Crippen LogP contribution is 2.19. The van der Waals surface area contributed by atoms with E-state index in [-0.39, 0.29) is 17.9 Å². The maximum atomic E-state index is 11.9. The van der Waals surface area contributed by atoms with E-state index in [1.165, 1.54) is 10.6 Å². The molecule has 0 saturated carbocycles. The molecule has 0 fully saturated rings. The number of rotatable bonds is 7. The molecule has 5 nitrogen and oxygen atoms in total. The zero-order valence-electron chi connectivity index (χ0n) is 13.5. The van der Waals surface area contributed by atoms with Crippen molar-refractivity contribution in [1.29, 1.82) is 0 Å². The summed E-state index contributed by atoms with van der Waals surface area (Å²) in [4.78, 5) is 23.4. The monoisotopic (exact) mass is 314 g/mol. The number of ether oxygens (including phenoxy) is 1. The quantitative estimate of drug-likeness (QED) is 0.849. The Balaban J connectivity index is 1.80. The summed E-state index contributed by atoms with van der Waals surface area (Å²) in [5.74, 6) is 0.771. The molecule has 0 atom stereocenters. The number of carbonyl (C=O) groups excluding carboxylic acids is 1. The number of carbonyl (C=O) groups is 1. The zero-order valence-corrected chi connectivity index (χ0v) is 13.5. The highest BCUT2D eigenvalue weighted by atomic mass is 16.5. The van der Waals surface area contributed by atoms with E-state index in [9.17, 15) is 9.59 Å².